The van der Waals surface area contributed by atoms with Crippen molar-refractivity contribution in [1.29, 1.82) is 0 Å². The smallest absolute Gasteiger partial charge is 0.379 e. The van der Waals surface area contributed by atoms with Crippen LogP contribution in [0.4, 0.5) is 13.2 Å². The number of halogens is 4. The van der Waals surface area contributed by atoms with Crippen LogP contribution in [0.5, 0.6) is 0 Å². The largest absolute Gasteiger partial charge is 0.416 e. The zero-order valence-electron chi connectivity index (χ0n) is 10.7. The third kappa shape index (κ3) is 5.93. The second-order valence-electron chi connectivity index (χ2n) is 4.19. The Morgan fingerprint density at radius 1 is 1.21 bits per heavy atom. The number of hydrogen-bond donors (Lipinski definition) is 0. The molecule has 0 bridgehead atoms. The van der Waals surface area contributed by atoms with E-state index in [2.05, 4.69) is 15.9 Å². The number of likely N-dealkylation sites (N-methyl/N-ethyl adjacent to an activating group) is 1. The zero-order valence-corrected chi connectivity index (χ0v) is 12.3. The Morgan fingerprint density at radius 3 is 2.53 bits per heavy atom. The van der Waals surface area contributed by atoms with Gasteiger partial charge in [-0.25, -0.2) is 0 Å². The molecule has 0 unspecified atom stereocenters. The lowest BCUT2D eigenvalue weighted by molar-refractivity contribution is -0.138. The van der Waals surface area contributed by atoms with Crippen LogP contribution in [-0.4, -0.2) is 37.0 Å². The van der Waals surface area contributed by atoms with Gasteiger partial charge >= 0.3 is 6.18 Å². The fourth-order valence-electron chi connectivity index (χ4n) is 1.68. The summed E-state index contributed by atoms with van der Waals surface area (Å²) in [6.07, 6.45) is -4.30. The van der Waals surface area contributed by atoms with Crippen molar-refractivity contribution in [1.82, 2.24) is 4.90 Å². The molecule has 0 N–H and O–H groups in total. The van der Waals surface area contributed by atoms with Crippen LogP contribution in [0.3, 0.4) is 0 Å². The van der Waals surface area contributed by atoms with Crippen molar-refractivity contribution in [3.8, 4) is 0 Å². The quantitative estimate of drug-likeness (QED) is 0.556. The first-order chi connectivity index (χ1) is 8.95. The van der Waals surface area contributed by atoms with Gasteiger partial charge in [-0.2, -0.15) is 13.2 Å². The van der Waals surface area contributed by atoms with Crippen molar-refractivity contribution in [3.63, 3.8) is 0 Å². The Labute approximate surface area is 119 Å². The van der Waals surface area contributed by atoms with E-state index in [4.69, 9.17) is 4.74 Å². The fourth-order valence-corrected chi connectivity index (χ4v) is 1.91. The van der Waals surface area contributed by atoms with Crippen LogP contribution >= 0.6 is 15.9 Å². The molecule has 2 nitrogen and oxygen atoms in total. The van der Waals surface area contributed by atoms with Crippen molar-refractivity contribution >= 4 is 15.9 Å². The van der Waals surface area contributed by atoms with Crippen LogP contribution in [0.25, 0.3) is 0 Å². The highest BCUT2D eigenvalue weighted by atomic mass is 79.9. The van der Waals surface area contributed by atoms with E-state index in [1.807, 2.05) is 4.90 Å². The van der Waals surface area contributed by atoms with Gasteiger partial charge in [0.1, 0.15) is 0 Å². The van der Waals surface area contributed by atoms with E-state index in [9.17, 15) is 13.2 Å². The summed E-state index contributed by atoms with van der Waals surface area (Å²) in [6, 6.07) is 5.66. The molecule has 0 aromatic heterocycles. The molecule has 0 aliphatic heterocycles. The van der Waals surface area contributed by atoms with Crippen LogP contribution in [0.2, 0.25) is 0 Å². The average molecular weight is 340 g/mol. The lowest BCUT2D eigenvalue weighted by Crippen LogP contribution is -2.24. The maximum Gasteiger partial charge on any atom is 0.416 e. The van der Waals surface area contributed by atoms with E-state index >= 15 is 0 Å². The molecule has 0 heterocycles. The third-order valence-electron chi connectivity index (χ3n) is 2.60. The van der Waals surface area contributed by atoms with E-state index in [-0.39, 0.29) is 12.1 Å². The summed E-state index contributed by atoms with van der Waals surface area (Å²) in [4.78, 5) is 1.82. The Kier molecular flexibility index (Phi) is 6.82. The van der Waals surface area contributed by atoms with Crippen LogP contribution in [0, 0.1) is 0 Å². The van der Waals surface area contributed by atoms with Gasteiger partial charge in [0.15, 0.2) is 0 Å². The van der Waals surface area contributed by atoms with Crippen LogP contribution < -0.4 is 0 Å². The predicted molar refractivity (Wildman–Crippen MR) is 72.4 cm³/mol. The van der Waals surface area contributed by atoms with Crippen LogP contribution in [0.15, 0.2) is 24.3 Å². The molecule has 0 fully saturated rings. The summed E-state index contributed by atoms with van der Waals surface area (Å²) in [5, 5.41) is 0.758. The molecule has 0 atom stereocenters. The molecule has 19 heavy (non-hydrogen) atoms. The topological polar surface area (TPSA) is 12.5 Å². The highest BCUT2D eigenvalue weighted by Crippen LogP contribution is 2.32. The highest BCUT2D eigenvalue weighted by molar-refractivity contribution is 9.09. The van der Waals surface area contributed by atoms with Gasteiger partial charge in [0.25, 0.3) is 0 Å². The van der Waals surface area contributed by atoms with Gasteiger partial charge < -0.3 is 4.74 Å². The van der Waals surface area contributed by atoms with Gasteiger partial charge in [0.2, 0.25) is 0 Å². The first-order valence-corrected chi connectivity index (χ1v) is 7.04. The Morgan fingerprint density at radius 2 is 1.89 bits per heavy atom. The molecule has 1 rings (SSSR count). The standard InChI is InChI=1S/C13H17BrF3NO/c1-18(7-9-19-8-6-14)10-11-4-2-3-5-12(11)13(15,16)17/h2-5H,6-10H2,1H3. The van der Waals surface area contributed by atoms with Crippen molar-refractivity contribution in [2.75, 3.05) is 32.1 Å². The maximum absolute atomic E-state index is 12.8. The summed E-state index contributed by atoms with van der Waals surface area (Å²) in [7, 11) is 1.78. The molecule has 0 aliphatic rings. The monoisotopic (exact) mass is 339 g/mol. The maximum atomic E-state index is 12.8. The molecular weight excluding hydrogens is 323 g/mol. The molecule has 0 saturated heterocycles. The Balaban J connectivity index is 2.57. The normalized spacial score (nSPS) is 12.1. The zero-order chi connectivity index (χ0) is 14.3. The first-order valence-electron chi connectivity index (χ1n) is 5.92. The van der Waals surface area contributed by atoms with Crippen LogP contribution in [0.1, 0.15) is 11.1 Å². The number of ether oxygens (including phenoxy) is 1. The van der Waals surface area contributed by atoms with Gasteiger partial charge in [0.05, 0.1) is 18.8 Å². The molecule has 0 amide bonds. The van der Waals surface area contributed by atoms with Crippen molar-refractivity contribution < 1.29 is 17.9 Å². The number of benzene rings is 1. The van der Waals surface area contributed by atoms with E-state index in [1.165, 1.54) is 12.1 Å². The highest BCUT2D eigenvalue weighted by Gasteiger charge is 2.32. The molecule has 0 radical (unpaired) electrons. The molecule has 0 spiro atoms. The molecular formula is C13H17BrF3NO. The fraction of sp³-hybridized carbons (Fsp3) is 0.538. The van der Waals surface area contributed by atoms with Crippen molar-refractivity contribution in [2.24, 2.45) is 0 Å². The molecule has 0 aliphatic carbocycles. The SMILES string of the molecule is CN(CCOCCBr)Cc1ccccc1C(F)(F)F. The first kappa shape index (κ1) is 16.5. The Hall–Kier alpha value is -0.590. The summed E-state index contributed by atoms with van der Waals surface area (Å²) >= 11 is 3.24. The number of nitrogens with zero attached hydrogens (tertiary/aromatic N) is 1. The predicted octanol–water partition coefficient (Wildman–Crippen LogP) is 3.55. The van der Waals surface area contributed by atoms with Gasteiger partial charge in [-0.05, 0) is 18.7 Å². The van der Waals surface area contributed by atoms with Gasteiger partial charge in [-0.1, -0.05) is 34.1 Å². The minimum atomic E-state index is -4.30. The van der Waals surface area contributed by atoms with Crippen molar-refractivity contribution in [3.05, 3.63) is 35.4 Å². The summed E-state index contributed by atoms with van der Waals surface area (Å²) in [6.45, 7) is 1.97. The minimum absolute atomic E-state index is 0.257. The van der Waals surface area contributed by atoms with Gasteiger partial charge in [0, 0.05) is 18.4 Å². The number of hydrogen-bond acceptors (Lipinski definition) is 2. The van der Waals surface area contributed by atoms with E-state index < -0.39 is 11.7 Å². The number of rotatable bonds is 7. The molecule has 1 aromatic rings. The second kappa shape index (κ2) is 7.87. The van der Waals surface area contributed by atoms with E-state index in [0.29, 0.717) is 19.8 Å². The summed E-state index contributed by atoms with van der Waals surface area (Å²) in [5.74, 6) is 0. The lowest BCUT2D eigenvalue weighted by atomic mass is 10.1. The van der Waals surface area contributed by atoms with E-state index in [0.717, 1.165) is 11.4 Å². The van der Waals surface area contributed by atoms with Crippen molar-refractivity contribution in [2.45, 2.75) is 12.7 Å². The molecule has 0 saturated carbocycles. The van der Waals surface area contributed by atoms with Gasteiger partial charge in [-0.3, -0.25) is 4.90 Å². The summed E-state index contributed by atoms with van der Waals surface area (Å²) < 4.78 is 43.7. The molecule has 108 valence electrons. The average Bonchev–Trinajstić information content (AvgIpc) is 2.34. The minimum Gasteiger partial charge on any atom is -0.379 e. The summed E-state index contributed by atoms with van der Waals surface area (Å²) in [5.41, 5.74) is -0.277. The Bertz CT molecular complexity index is 384. The lowest BCUT2D eigenvalue weighted by Gasteiger charge is -2.19. The third-order valence-corrected chi connectivity index (χ3v) is 2.93. The van der Waals surface area contributed by atoms with Gasteiger partial charge in [-0.15, -0.1) is 0 Å². The van der Waals surface area contributed by atoms with Crippen LogP contribution in [-0.2, 0) is 17.5 Å². The molecule has 6 heteroatoms. The van der Waals surface area contributed by atoms with E-state index in [1.54, 1.807) is 13.1 Å². The second-order valence-corrected chi connectivity index (χ2v) is 4.99. The molecule has 1 aromatic carbocycles. The number of alkyl halides is 4.